The molecule has 116 valence electrons. The molecule has 1 aliphatic heterocycles. The number of nitrogens with one attached hydrogen (secondary N) is 1. The standard InChI is InChI=1S/C16H21N5O/c1-2-20-7-9-21(10-8-20)12-13(11-17)16(22)19-15-5-3-14(18)4-6-15/h3-6,12H,2,7-10,18H2,1H3,(H,19,22)/b13-12-. The number of anilines is 2. The van der Waals surface area contributed by atoms with Crippen LogP contribution < -0.4 is 11.1 Å². The number of piperazine rings is 1. The van der Waals surface area contributed by atoms with E-state index in [2.05, 4.69) is 17.1 Å². The average Bonchev–Trinajstić information content (AvgIpc) is 2.55. The number of nitrogens with zero attached hydrogens (tertiary/aromatic N) is 3. The van der Waals surface area contributed by atoms with Crippen molar-refractivity contribution < 1.29 is 4.79 Å². The molecule has 0 radical (unpaired) electrons. The number of amides is 1. The van der Waals surface area contributed by atoms with Gasteiger partial charge in [-0.3, -0.25) is 4.79 Å². The third-order valence-electron chi connectivity index (χ3n) is 3.70. The minimum absolute atomic E-state index is 0.113. The lowest BCUT2D eigenvalue weighted by Gasteiger charge is -2.33. The fraction of sp³-hybridized carbons (Fsp3) is 0.375. The van der Waals surface area contributed by atoms with Crippen molar-refractivity contribution in [2.24, 2.45) is 0 Å². The number of hydrogen-bond acceptors (Lipinski definition) is 5. The Morgan fingerprint density at radius 1 is 1.32 bits per heavy atom. The lowest BCUT2D eigenvalue weighted by Crippen LogP contribution is -2.44. The van der Waals surface area contributed by atoms with E-state index in [1.807, 2.05) is 11.0 Å². The van der Waals surface area contributed by atoms with Crippen molar-refractivity contribution in [3.8, 4) is 6.07 Å². The van der Waals surface area contributed by atoms with Gasteiger partial charge in [0.05, 0.1) is 0 Å². The minimum Gasteiger partial charge on any atom is -0.399 e. The van der Waals surface area contributed by atoms with Crippen LogP contribution in [0.25, 0.3) is 0 Å². The number of carbonyl (C=O) groups excluding carboxylic acids is 1. The quantitative estimate of drug-likeness (QED) is 0.496. The Kier molecular flexibility index (Phi) is 5.39. The number of carbonyl (C=O) groups is 1. The maximum atomic E-state index is 12.2. The molecule has 1 heterocycles. The Morgan fingerprint density at radius 2 is 1.95 bits per heavy atom. The second-order valence-corrected chi connectivity index (χ2v) is 5.20. The first-order chi connectivity index (χ1) is 10.6. The summed E-state index contributed by atoms with van der Waals surface area (Å²) in [5.41, 5.74) is 6.96. The zero-order valence-electron chi connectivity index (χ0n) is 12.7. The fourth-order valence-electron chi connectivity index (χ4n) is 2.29. The molecule has 1 amide bonds. The number of rotatable bonds is 4. The second kappa shape index (κ2) is 7.48. The third kappa shape index (κ3) is 4.24. The molecular weight excluding hydrogens is 278 g/mol. The Morgan fingerprint density at radius 3 is 2.50 bits per heavy atom. The molecular formula is C16H21N5O. The lowest BCUT2D eigenvalue weighted by molar-refractivity contribution is -0.112. The molecule has 0 unspecified atom stereocenters. The van der Waals surface area contributed by atoms with Crippen LogP contribution in [0, 0.1) is 11.3 Å². The van der Waals surface area contributed by atoms with E-state index < -0.39 is 5.91 Å². The zero-order chi connectivity index (χ0) is 15.9. The van der Waals surface area contributed by atoms with Gasteiger partial charge in [0.15, 0.2) is 0 Å². The van der Waals surface area contributed by atoms with Gasteiger partial charge >= 0.3 is 0 Å². The molecule has 1 aliphatic rings. The predicted molar refractivity (Wildman–Crippen MR) is 86.9 cm³/mol. The highest BCUT2D eigenvalue weighted by molar-refractivity contribution is 6.06. The molecule has 1 saturated heterocycles. The van der Waals surface area contributed by atoms with E-state index in [1.54, 1.807) is 30.5 Å². The topological polar surface area (TPSA) is 85.4 Å². The minimum atomic E-state index is -0.398. The summed E-state index contributed by atoms with van der Waals surface area (Å²) in [7, 11) is 0. The predicted octanol–water partition coefficient (Wildman–Crippen LogP) is 1.25. The molecule has 1 aromatic rings. The van der Waals surface area contributed by atoms with Crippen LogP contribution >= 0.6 is 0 Å². The summed E-state index contributed by atoms with van der Waals surface area (Å²) in [6, 6.07) is 8.80. The molecule has 3 N–H and O–H groups in total. The maximum absolute atomic E-state index is 12.2. The smallest absolute Gasteiger partial charge is 0.267 e. The highest BCUT2D eigenvalue weighted by Gasteiger charge is 2.16. The van der Waals surface area contributed by atoms with Gasteiger partial charge in [0, 0.05) is 43.8 Å². The van der Waals surface area contributed by atoms with Crippen LogP contribution in [0.1, 0.15) is 6.92 Å². The summed E-state index contributed by atoms with van der Waals surface area (Å²) in [5, 5.41) is 11.9. The molecule has 0 bridgehead atoms. The molecule has 1 aromatic carbocycles. The van der Waals surface area contributed by atoms with Gasteiger partial charge in [-0.1, -0.05) is 6.92 Å². The van der Waals surface area contributed by atoms with E-state index in [-0.39, 0.29) is 5.57 Å². The summed E-state index contributed by atoms with van der Waals surface area (Å²) in [4.78, 5) is 16.5. The van der Waals surface area contributed by atoms with E-state index in [1.165, 1.54) is 0 Å². The molecule has 2 rings (SSSR count). The Labute approximate surface area is 130 Å². The summed E-state index contributed by atoms with van der Waals surface area (Å²) in [6.07, 6.45) is 1.65. The number of nitrogens with two attached hydrogens (primary N) is 1. The van der Waals surface area contributed by atoms with Crippen molar-refractivity contribution in [1.82, 2.24) is 9.80 Å². The van der Waals surface area contributed by atoms with Gasteiger partial charge in [0.1, 0.15) is 11.6 Å². The van der Waals surface area contributed by atoms with Gasteiger partial charge in [-0.2, -0.15) is 5.26 Å². The highest BCUT2D eigenvalue weighted by atomic mass is 16.1. The summed E-state index contributed by atoms with van der Waals surface area (Å²) in [6.45, 7) is 6.71. The zero-order valence-corrected chi connectivity index (χ0v) is 12.7. The number of nitrogen functional groups attached to an aromatic ring is 1. The average molecular weight is 299 g/mol. The SMILES string of the molecule is CCN1CCN(/C=C(/C#N)C(=O)Nc2ccc(N)cc2)CC1. The van der Waals surface area contributed by atoms with Crippen LogP contribution in [0.3, 0.4) is 0 Å². The van der Waals surface area contributed by atoms with Gasteiger partial charge in [-0.25, -0.2) is 0 Å². The summed E-state index contributed by atoms with van der Waals surface area (Å²) >= 11 is 0. The molecule has 0 spiro atoms. The van der Waals surface area contributed by atoms with Crippen LogP contribution in [-0.4, -0.2) is 48.4 Å². The number of nitriles is 1. The normalized spacial score (nSPS) is 16.2. The van der Waals surface area contributed by atoms with Crippen LogP contribution in [0.2, 0.25) is 0 Å². The second-order valence-electron chi connectivity index (χ2n) is 5.20. The van der Waals surface area contributed by atoms with Gasteiger partial charge in [0.2, 0.25) is 0 Å². The molecule has 0 atom stereocenters. The molecule has 0 aliphatic carbocycles. The van der Waals surface area contributed by atoms with Crippen molar-refractivity contribution in [3.63, 3.8) is 0 Å². The van der Waals surface area contributed by atoms with Crippen LogP contribution in [0.4, 0.5) is 11.4 Å². The van der Waals surface area contributed by atoms with Crippen molar-refractivity contribution in [1.29, 1.82) is 5.26 Å². The van der Waals surface area contributed by atoms with Gasteiger partial charge in [-0.15, -0.1) is 0 Å². The number of likely N-dealkylation sites (N-methyl/N-ethyl adjacent to an activating group) is 1. The molecule has 6 heteroatoms. The summed E-state index contributed by atoms with van der Waals surface area (Å²) in [5.74, 6) is -0.398. The molecule has 1 fully saturated rings. The van der Waals surface area contributed by atoms with E-state index in [4.69, 9.17) is 5.73 Å². The monoisotopic (exact) mass is 299 g/mol. The largest absolute Gasteiger partial charge is 0.399 e. The van der Waals surface area contributed by atoms with E-state index >= 15 is 0 Å². The van der Waals surface area contributed by atoms with Gasteiger partial charge < -0.3 is 20.9 Å². The molecule has 0 saturated carbocycles. The first kappa shape index (κ1) is 15.9. The van der Waals surface area contributed by atoms with E-state index in [9.17, 15) is 10.1 Å². The summed E-state index contributed by atoms with van der Waals surface area (Å²) < 4.78 is 0. The Hall–Kier alpha value is -2.52. The van der Waals surface area contributed by atoms with E-state index in [0.29, 0.717) is 11.4 Å². The molecule has 22 heavy (non-hydrogen) atoms. The van der Waals surface area contributed by atoms with Crippen molar-refractivity contribution >= 4 is 17.3 Å². The van der Waals surface area contributed by atoms with Crippen LogP contribution in [0.15, 0.2) is 36.0 Å². The maximum Gasteiger partial charge on any atom is 0.267 e. The third-order valence-corrected chi connectivity index (χ3v) is 3.70. The number of benzene rings is 1. The Bertz CT molecular complexity index is 580. The lowest BCUT2D eigenvalue weighted by atomic mass is 10.2. The van der Waals surface area contributed by atoms with Crippen LogP contribution in [-0.2, 0) is 4.79 Å². The molecule has 6 nitrogen and oxygen atoms in total. The van der Waals surface area contributed by atoms with Gasteiger partial charge in [0.25, 0.3) is 5.91 Å². The van der Waals surface area contributed by atoms with E-state index in [0.717, 1.165) is 32.7 Å². The Balaban J connectivity index is 1.98. The number of hydrogen-bond donors (Lipinski definition) is 2. The first-order valence-electron chi connectivity index (χ1n) is 7.37. The first-order valence-corrected chi connectivity index (χ1v) is 7.37. The molecule has 0 aromatic heterocycles. The fourth-order valence-corrected chi connectivity index (χ4v) is 2.29. The van der Waals surface area contributed by atoms with Crippen LogP contribution in [0.5, 0.6) is 0 Å². The van der Waals surface area contributed by atoms with Crippen molar-refractivity contribution in [2.45, 2.75) is 6.92 Å². The van der Waals surface area contributed by atoms with Crippen molar-refractivity contribution in [3.05, 3.63) is 36.0 Å². The van der Waals surface area contributed by atoms with Crippen molar-refractivity contribution in [2.75, 3.05) is 43.8 Å². The highest BCUT2D eigenvalue weighted by Crippen LogP contribution is 2.12. The van der Waals surface area contributed by atoms with Gasteiger partial charge in [-0.05, 0) is 30.8 Å².